The van der Waals surface area contributed by atoms with Crippen LogP contribution in [-0.2, 0) is 9.53 Å². The molecule has 0 saturated heterocycles. The molecule has 0 aliphatic carbocycles. The van der Waals surface area contributed by atoms with Gasteiger partial charge in [-0.3, -0.25) is 4.79 Å². The van der Waals surface area contributed by atoms with Crippen molar-refractivity contribution in [2.45, 2.75) is 11.8 Å². The zero-order valence-electron chi connectivity index (χ0n) is 8.73. The Bertz CT molecular complexity index is 262. The molecule has 3 heteroatoms. The maximum absolute atomic E-state index is 9.29. The Morgan fingerprint density at radius 1 is 1.47 bits per heavy atom. The molecule has 0 N–H and O–H groups in total. The molecule has 1 unspecified atom stereocenters. The number of carbonyl (C=O) groups is 1. The SMILES string of the molecule is C=CCOC=O.CC(Br)c1ccccc1. The number of hydrogen-bond donors (Lipinski definition) is 0. The summed E-state index contributed by atoms with van der Waals surface area (Å²) in [6.07, 6.45) is 1.51. The predicted octanol–water partition coefficient (Wildman–Crippen LogP) is 3.49. The summed E-state index contributed by atoms with van der Waals surface area (Å²) in [5, 5.41) is 0. The molecule has 1 atom stereocenters. The lowest BCUT2D eigenvalue weighted by Gasteiger charge is -1.99. The van der Waals surface area contributed by atoms with Gasteiger partial charge in [0.2, 0.25) is 0 Å². The Hall–Kier alpha value is -1.09. The summed E-state index contributed by atoms with van der Waals surface area (Å²) in [7, 11) is 0. The zero-order chi connectivity index (χ0) is 11.5. The summed E-state index contributed by atoms with van der Waals surface area (Å²) in [5.41, 5.74) is 1.33. The van der Waals surface area contributed by atoms with Crippen LogP contribution in [-0.4, -0.2) is 13.1 Å². The molecule has 0 spiro atoms. The van der Waals surface area contributed by atoms with Crippen molar-refractivity contribution < 1.29 is 9.53 Å². The summed E-state index contributed by atoms with van der Waals surface area (Å²) in [6, 6.07) is 10.3. The van der Waals surface area contributed by atoms with Gasteiger partial charge in [-0.15, -0.1) is 0 Å². The standard InChI is InChI=1S/C8H9Br.C4H6O2/c1-7(9)8-5-3-2-4-6-8;1-2-3-6-4-5/h2-7H,1H3;2,4H,1,3H2. The number of ether oxygens (including phenoxy) is 1. The molecule has 0 saturated carbocycles. The molecule has 0 radical (unpaired) electrons. The second-order valence-electron chi connectivity index (χ2n) is 2.74. The van der Waals surface area contributed by atoms with E-state index >= 15 is 0 Å². The topological polar surface area (TPSA) is 26.3 Å². The van der Waals surface area contributed by atoms with E-state index in [0.717, 1.165) is 0 Å². The van der Waals surface area contributed by atoms with Crippen LogP contribution in [0.25, 0.3) is 0 Å². The molecule has 2 nitrogen and oxygen atoms in total. The fraction of sp³-hybridized carbons (Fsp3) is 0.250. The van der Waals surface area contributed by atoms with Gasteiger partial charge in [0.25, 0.3) is 6.47 Å². The fourth-order valence-electron chi connectivity index (χ4n) is 0.826. The normalized spacial score (nSPS) is 10.5. The van der Waals surface area contributed by atoms with Crippen LogP contribution in [0.3, 0.4) is 0 Å². The fourth-order valence-corrected chi connectivity index (χ4v) is 1.13. The van der Waals surface area contributed by atoms with Crippen molar-refractivity contribution in [2.24, 2.45) is 0 Å². The average Bonchev–Trinajstić information content (AvgIpc) is 2.28. The van der Waals surface area contributed by atoms with Gasteiger partial charge in [0, 0.05) is 4.83 Å². The number of halogens is 1. The van der Waals surface area contributed by atoms with Crippen LogP contribution in [0.4, 0.5) is 0 Å². The second kappa shape index (κ2) is 9.46. The first-order valence-electron chi connectivity index (χ1n) is 4.57. The molecule has 15 heavy (non-hydrogen) atoms. The van der Waals surface area contributed by atoms with Crippen LogP contribution in [0.15, 0.2) is 43.0 Å². The number of benzene rings is 1. The van der Waals surface area contributed by atoms with E-state index in [1.54, 1.807) is 0 Å². The van der Waals surface area contributed by atoms with E-state index in [-0.39, 0.29) is 0 Å². The van der Waals surface area contributed by atoms with E-state index in [2.05, 4.69) is 46.3 Å². The highest BCUT2D eigenvalue weighted by Gasteiger charge is 1.95. The van der Waals surface area contributed by atoms with E-state index in [1.165, 1.54) is 11.6 Å². The number of rotatable bonds is 4. The number of carbonyl (C=O) groups excluding carboxylic acids is 1. The Kier molecular flexibility index (Phi) is 8.78. The third-order valence-corrected chi connectivity index (χ3v) is 2.07. The Balaban J connectivity index is 0.000000288. The quantitative estimate of drug-likeness (QED) is 0.362. The van der Waals surface area contributed by atoms with Crippen molar-refractivity contribution in [2.75, 3.05) is 6.61 Å². The van der Waals surface area contributed by atoms with Crippen LogP contribution >= 0.6 is 15.9 Å². The Morgan fingerprint density at radius 2 is 2.07 bits per heavy atom. The largest absolute Gasteiger partial charge is 0.464 e. The van der Waals surface area contributed by atoms with Crippen molar-refractivity contribution in [3.63, 3.8) is 0 Å². The van der Waals surface area contributed by atoms with Gasteiger partial charge < -0.3 is 4.74 Å². The predicted molar refractivity (Wildman–Crippen MR) is 66.0 cm³/mol. The van der Waals surface area contributed by atoms with E-state index < -0.39 is 0 Å². The third-order valence-electron chi connectivity index (χ3n) is 1.54. The lowest BCUT2D eigenvalue weighted by Crippen LogP contribution is -1.83. The minimum Gasteiger partial charge on any atom is -0.464 e. The van der Waals surface area contributed by atoms with Gasteiger partial charge >= 0.3 is 0 Å². The van der Waals surface area contributed by atoms with Crippen molar-refractivity contribution in [3.8, 4) is 0 Å². The first-order valence-corrected chi connectivity index (χ1v) is 5.49. The Morgan fingerprint density at radius 3 is 2.33 bits per heavy atom. The van der Waals surface area contributed by atoms with Crippen LogP contribution < -0.4 is 0 Å². The highest BCUT2D eigenvalue weighted by atomic mass is 79.9. The summed E-state index contributed by atoms with van der Waals surface area (Å²) in [6.45, 7) is 6.13. The van der Waals surface area contributed by atoms with E-state index in [1.807, 2.05) is 18.2 Å². The molecule has 0 heterocycles. The summed E-state index contributed by atoms with van der Waals surface area (Å²) < 4.78 is 4.18. The molecule has 1 aromatic carbocycles. The summed E-state index contributed by atoms with van der Waals surface area (Å²) in [5.74, 6) is 0. The molecular weight excluding hydrogens is 256 g/mol. The number of hydrogen-bond acceptors (Lipinski definition) is 2. The smallest absolute Gasteiger partial charge is 0.293 e. The summed E-state index contributed by atoms with van der Waals surface area (Å²) in [4.78, 5) is 9.76. The molecule has 82 valence electrons. The van der Waals surface area contributed by atoms with Gasteiger partial charge in [-0.1, -0.05) is 58.9 Å². The monoisotopic (exact) mass is 270 g/mol. The lowest BCUT2D eigenvalue weighted by molar-refractivity contribution is -0.127. The van der Waals surface area contributed by atoms with Crippen LogP contribution in [0.2, 0.25) is 0 Å². The molecule has 1 aromatic rings. The van der Waals surface area contributed by atoms with Crippen molar-refractivity contribution in [3.05, 3.63) is 48.6 Å². The molecule has 1 rings (SSSR count). The van der Waals surface area contributed by atoms with E-state index in [9.17, 15) is 4.79 Å². The number of alkyl halides is 1. The van der Waals surface area contributed by atoms with Crippen LogP contribution in [0, 0.1) is 0 Å². The molecular formula is C12H15BrO2. The molecule has 0 aliphatic rings. The van der Waals surface area contributed by atoms with Gasteiger partial charge in [0.15, 0.2) is 0 Å². The molecule has 0 fully saturated rings. The van der Waals surface area contributed by atoms with Crippen molar-refractivity contribution in [1.29, 1.82) is 0 Å². The van der Waals surface area contributed by atoms with Gasteiger partial charge in [0.05, 0.1) is 0 Å². The molecule has 0 bridgehead atoms. The van der Waals surface area contributed by atoms with Gasteiger partial charge in [-0.25, -0.2) is 0 Å². The lowest BCUT2D eigenvalue weighted by atomic mass is 10.2. The third kappa shape index (κ3) is 7.94. The van der Waals surface area contributed by atoms with E-state index in [0.29, 0.717) is 17.9 Å². The first-order chi connectivity index (χ1) is 7.22. The summed E-state index contributed by atoms with van der Waals surface area (Å²) >= 11 is 3.48. The maximum atomic E-state index is 9.29. The zero-order valence-corrected chi connectivity index (χ0v) is 10.3. The first kappa shape index (κ1) is 13.9. The highest BCUT2D eigenvalue weighted by Crippen LogP contribution is 2.19. The van der Waals surface area contributed by atoms with Gasteiger partial charge in [-0.2, -0.15) is 0 Å². The van der Waals surface area contributed by atoms with Gasteiger partial charge in [0.1, 0.15) is 6.61 Å². The highest BCUT2D eigenvalue weighted by molar-refractivity contribution is 9.09. The average molecular weight is 271 g/mol. The van der Waals surface area contributed by atoms with Gasteiger partial charge in [-0.05, 0) is 12.5 Å². The van der Waals surface area contributed by atoms with Crippen LogP contribution in [0.5, 0.6) is 0 Å². The maximum Gasteiger partial charge on any atom is 0.293 e. The second-order valence-corrected chi connectivity index (χ2v) is 4.12. The molecule has 0 aromatic heterocycles. The minimum absolute atomic E-state index is 0.309. The van der Waals surface area contributed by atoms with Crippen molar-refractivity contribution >= 4 is 22.4 Å². The molecule has 0 aliphatic heterocycles. The van der Waals surface area contributed by atoms with Crippen LogP contribution in [0.1, 0.15) is 17.3 Å². The molecule has 0 amide bonds. The Labute approximate surface area is 99.1 Å². The van der Waals surface area contributed by atoms with E-state index in [4.69, 9.17) is 0 Å². The minimum atomic E-state index is 0.309. The van der Waals surface area contributed by atoms with Crippen molar-refractivity contribution in [1.82, 2.24) is 0 Å².